The number of nitrogens with zero attached hydrogens (tertiary/aromatic N) is 2. The minimum atomic E-state index is -3.07. The van der Waals surface area contributed by atoms with Crippen molar-refractivity contribution in [3.05, 3.63) is 23.2 Å². The molecule has 20 heavy (non-hydrogen) atoms. The summed E-state index contributed by atoms with van der Waals surface area (Å²) in [6, 6.07) is 2.59. The number of fused-ring (bicyclic) bond motifs is 1. The molecule has 5 nitrogen and oxygen atoms in total. The van der Waals surface area contributed by atoms with Crippen LogP contribution in [0.4, 0.5) is 0 Å². The van der Waals surface area contributed by atoms with Crippen LogP contribution in [0.25, 0.3) is 0 Å². The number of furan rings is 1. The van der Waals surface area contributed by atoms with Crippen molar-refractivity contribution >= 4 is 10.0 Å². The highest BCUT2D eigenvalue weighted by Crippen LogP contribution is 2.34. The normalized spacial score (nSPS) is 28.1. The van der Waals surface area contributed by atoms with E-state index in [1.807, 2.05) is 6.92 Å². The summed E-state index contributed by atoms with van der Waals surface area (Å²) in [4.78, 5) is 2.37. The van der Waals surface area contributed by atoms with Crippen LogP contribution >= 0.6 is 0 Å². The van der Waals surface area contributed by atoms with E-state index in [-0.39, 0.29) is 6.04 Å². The Hall–Kier alpha value is -0.850. The van der Waals surface area contributed by atoms with Crippen molar-refractivity contribution in [1.82, 2.24) is 9.21 Å². The van der Waals surface area contributed by atoms with E-state index in [4.69, 9.17) is 4.42 Å². The van der Waals surface area contributed by atoms with Gasteiger partial charge in [-0.15, -0.1) is 0 Å². The van der Waals surface area contributed by atoms with Gasteiger partial charge in [0.25, 0.3) is 0 Å². The van der Waals surface area contributed by atoms with Gasteiger partial charge in [0.15, 0.2) is 0 Å². The SMILES string of the molecule is Cc1cc(CN2CC[C@H]3[C@H]2CCN3S(C)(=O)=O)oc1C. The van der Waals surface area contributed by atoms with Crippen LogP contribution in [0.15, 0.2) is 10.5 Å². The number of sulfonamides is 1. The third kappa shape index (κ3) is 2.40. The van der Waals surface area contributed by atoms with E-state index in [0.29, 0.717) is 12.6 Å². The molecule has 0 aromatic carbocycles. The van der Waals surface area contributed by atoms with Crippen molar-refractivity contribution in [1.29, 1.82) is 0 Å². The van der Waals surface area contributed by atoms with Crippen LogP contribution in [0.1, 0.15) is 29.9 Å². The van der Waals surface area contributed by atoms with Crippen molar-refractivity contribution in [3.63, 3.8) is 0 Å². The topological polar surface area (TPSA) is 53.8 Å². The van der Waals surface area contributed by atoms with Crippen molar-refractivity contribution in [2.75, 3.05) is 19.3 Å². The molecule has 1 aromatic rings. The monoisotopic (exact) mass is 298 g/mol. The van der Waals surface area contributed by atoms with Crippen molar-refractivity contribution < 1.29 is 12.8 Å². The Morgan fingerprint density at radius 3 is 2.55 bits per heavy atom. The highest BCUT2D eigenvalue weighted by atomic mass is 32.2. The summed E-state index contributed by atoms with van der Waals surface area (Å²) < 4.78 is 31.0. The molecule has 2 atom stereocenters. The van der Waals surface area contributed by atoms with E-state index in [0.717, 1.165) is 37.5 Å². The largest absolute Gasteiger partial charge is 0.465 e. The molecule has 2 aliphatic heterocycles. The minimum Gasteiger partial charge on any atom is -0.465 e. The molecule has 3 rings (SSSR count). The van der Waals surface area contributed by atoms with Gasteiger partial charge in [-0.3, -0.25) is 4.90 Å². The molecule has 0 unspecified atom stereocenters. The van der Waals surface area contributed by atoms with Crippen LogP contribution in [0.2, 0.25) is 0 Å². The lowest BCUT2D eigenvalue weighted by molar-refractivity contribution is 0.220. The van der Waals surface area contributed by atoms with E-state index >= 15 is 0 Å². The number of aryl methyl sites for hydroxylation is 2. The molecule has 2 saturated heterocycles. The Morgan fingerprint density at radius 1 is 1.25 bits per heavy atom. The van der Waals surface area contributed by atoms with Crippen LogP contribution in [-0.4, -0.2) is 49.1 Å². The van der Waals surface area contributed by atoms with Gasteiger partial charge in [-0.05, 0) is 38.3 Å². The smallest absolute Gasteiger partial charge is 0.211 e. The van der Waals surface area contributed by atoms with Crippen molar-refractivity contribution in [3.8, 4) is 0 Å². The van der Waals surface area contributed by atoms with Gasteiger partial charge in [0.05, 0.1) is 12.8 Å². The molecule has 2 aliphatic rings. The van der Waals surface area contributed by atoms with Crippen molar-refractivity contribution in [2.45, 2.75) is 45.3 Å². The standard InChI is InChI=1S/C14H22N2O3S/c1-10-8-12(19-11(10)2)9-15-6-4-14-13(15)5-7-16(14)20(3,17)18/h8,13-14H,4-7,9H2,1-3H3/t13-,14+/m1/s1. The third-order valence-electron chi connectivity index (χ3n) is 4.64. The lowest BCUT2D eigenvalue weighted by atomic mass is 10.1. The second-order valence-corrected chi connectivity index (χ2v) is 7.94. The average Bonchev–Trinajstić information content (AvgIpc) is 2.97. The lowest BCUT2D eigenvalue weighted by Gasteiger charge is -2.23. The van der Waals surface area contributed by atoms with Crippen LogP contribution in [0, 0.1) is 13.8 Å². The maximum absolute atomic E-state index is 11.8. The van der Waals surface area contributed by atoms with Gasteiger partial charge in [0.1, 0.15) is 11.5 Å². The molecule has 0 radical (unpaired) electrons. The molecular formula is C14H22N2O3S. The summed E-state index contributed by atoms with van der Waals surface area (Å²) in [6.45, 7) is 6.41. The second-order valence-electron chi connectivity index (χ2n) is 6.01. The number of rotatable bonds is 3. The first-order valence-electron chi connectivity index (χ1n) is 7.13. The molecule has 0 amide bonds. The lowest BCUT2D eigenvalue weighted by Crippen LogP contribution is -2.38. The molecule has 0 spiro atoms. The summed E-state index contributed by atoms with van der Waals surface area (Å²) >= 11 is 0. The van der Waals surface area contributed by atoms with E-state index in [2.05, 4.69) is 17.9 Å². The summed E-state index contributed by atoms with van der Waals surface area (Å²) in [7, 11) is -3.07. The van der Waals surface area contributed by atoms with Gasteiger partial charge in [0.2, 0.25) is 10.0 Å². The van der Waals surface area contributed by atoms with Gasteiger partial charge in [-0.2, -0.15) is 4.31 Å². The van der Waals surface area contributed by atoms with Gasteiger partial charge < -0.3 is 4.42 Å². The summed E-state index contributed by atoms with van der Waals surface area (Å²) in [5, 5.41) is 0. The average molecular weight is 298 g/mol. The van der Waals surface area contributed by atoms with Gasteiger partial charge in [-0.25, -0.2) is 8.42 Å². The fourth-order valence-corrected chi connectivity index (χ4v) is 4.75. The predicted octanol–water partition coefficient (Wildman–Crippen LogP) is 1.50. The van der Waals surface area contributed by atoms with Crippen LogP contribution < -0.4 is 0 Å². The molecule has 112 valence electrons. The Morgan fingerprint density at radius 2 is 1.95 bits per heavy atom. The van der Waals surface area contributed by atoms with E-state index < -0.39 is 10.0 Å². The summed E-state index contributed by atoms with van der Waals surface area (Å²) in [6.07, 6.45) is 3.17. The van der Waals surface area contributed by atoms with Gasteiger partial charge >= 0.3 is 0 Å². The number of likely N-dealkylation sites (tertiary alicyclic amines) is 1. The zero-order valence-corrected chi connectivity index (χ0v) is 13.1. The Labute approximate surface area is 120 Å². The Kier molecular flexibility index (Phi) is 3.43. The molecule has 3 heterocycles. The quantitative estimate of drug-likeness (QED) is 0.849. The predicted molar refractivity (Wildman–Crippen MR) is 77.0 cm³/mol. The van der Waals surface area contributed by atoms with E-state index in [9.17, 15) is 8.42 Å². The first kappa shape index (κ1) is 14.1. The maximum atomic E-state index is 11.8. The molecule has 0 saturated carbocycles. The zero-order valence-electron chi connectivity index (χ0n) is 12.3. The molecule has 0 aliphatic carbocycles. The van der Waals surface area contributed by atoms with Crippen LogP contribution in [0.3, 0.4) is 0 Å². The summed E-state index contributed by atoms with van der Waals surface area (Å²) in [5.41, 5.74) is 1.18. The van der Waals surface area contributed by atoms with Crippen LogP contribution in [0.5, 0.6) is 0 Å². The van der Waals surface area contributed by atoms with Gasteiger partial charge in [0, 0.05) is 25.2 Å². The minimum absolute atomic E-state index is 0.155. The maximum Gasteiger partial charge on any atom is 0.211 e. The second kappa shape index (κ2) is 4.86. The molecule has 1 aromatic heterocycles. The highest BCUT2D eigenvalue weighted by Gasteiger charge is 2.45. The molecule has 2 fully saturated rings. The fraction of sp³-hybridized carbons (Fsp3) is 0.714. The fourth-order valence-electron chi connectivity index (χ4n) is 3.57. The van der Waals surface area contributed by atoms with Crippen molar-refractivity contribution in [2.24, 2.45) is 0 Å². The van der Waals surface area contributed by atoms with E-state index in [1.54, 1.807) is 4.31 Å². The first-order valence-corrected chi connectivity index (χ1v) is 8.98. The number of hydrogen-bond acceptors (Lipinski definition) is 4. The molecular weight excluding hydrogens is 276 g/mol. The van der Waals surface area contributed by atoms with Gasteiger partial charge in [-0.1, -0.05) is 0 Å². The van der Waals surface area contributed by atoms with Crippen LogP contribution in [-0.2, 0) is 16.6 Å². The Balaban J connectivity index is 1.72. The molecule has 0 bridgehead atoms. The Bertz CT molecular complexity index is 588. The zero-order chi connectivity index (χ0) is 14.5. The number of hydrogen-bond donors (Lipinski definition) is 0. The first-order chi connectivity index (χ1) is 9.36. The molecule has 0 N–H and O–H groups in total. The highest BCUT2D eigenvalue weighted by molar-refractivity contribution is 7.88. The van der Waals surface area contributed by atoms with E-state index in [1.165, 1.54) is 11.8 Å². The third-order valence-corrected chi connectivity index (χ3v) is 5.95. The molecule has 6 heteroatoms. The summed E-state index contributed by atoms with van der Waals surface area (Å²) in [5.74, 6) is 1.96.